The third kappa shape index (κ3) is 3.46. The maximum absolute atomic E-state index is 12.4. The van der Waals surface area contributed by atoms with Crippen molar-refractivity contribution in [1.82, 2.24) is 4.90 Å². The van der Waals surface area contributed by atoms with E-state index in [0.717, 1.165) is 0 Å². The van der Waals surface area contributed by atoms with Gasteiger partial charge in [0.2, 0.25) is 15.7 Å². The number of primary amides is 1. The van der Waals surface area contributed by atoms with Gasteiger partial charge in [-0.15, -0.1) is 0 Å². The smallest absolute Gasteiger partial charge is 0.220 e. The molecule has 0 saturated carbocycles. The Morgan fingerprint density at radius 3 is 2.36 bits per heavy atom. The first-order chi connectivity index (χ1) is 10.4. The molecule has 1 aliphatic rings. The molecule has 1 fully saturated rings. The number of hydrogen-bond acceptors (Lipinski definition) is 5. The Hall–Kier alpha value is -2.33. The molecule has 0 atom stereocenters. The van der Waals surface area contributed by atoms with E-state index >= 15 is 0 Å². The summed E-state index contributed by atoms with van der Waals surface area (Å²) < 4.78 is 24.8. The van der Waals surface area contributed by atoms with Crippen LogP contribution in [0.1, 0.15) is 12.8 Å². The Kier molecular flexibility index (Phi) is 4.83. The van der Waals surface area contributed by atoms with Crippen LogP contribution in [0.4, 0.5) is 0 Å². The lowest BCUT2D eigenvalue weighted by molar-refractivity contribution is -0.122. The summed E-state index contributed by atoms with van der Waals surface area (Å²) in [7, 11) is -3.81. The van der Waals surface area contributed by atoms with E-state index in [-0.39, 0.29) is 21.6 Å². The molecule has 1 saturated heterocycles. The van der Waals surface area contributed by atoms with Crippen LogP contribution in [0.25, 0.3) is 0 Å². The van der Waals surface area contributed by atoms with Crippen molar-refractivity contribution in [3.63, 3.8) is 0 Å². The van der Waals surface area contributed by atoms with Gasteiger partial charge in [0, 0.05) is 25.2 Å². The Balaban J connectivity index is 2.19. The van der Waals surface area contributed by atoms with Crippen molar-refractivity contribution in [2.24, 2.45) is 11.7 Å². The minimum absolute atomic E-state index is 0.0924. The molecule has 1 aliphatic heterocycles. The van der Waals surface area contributed by atoms with E-state index < -0.39 is 9.84 Å². The van der Waals surface area contributed by atoms with E-state index in [1.54, 1.807) is 29.2 Å². The molecule has 116 valence electrons. The predicted octanol–water partition coefficient (Wildman–Crippen LogP) is 1.02. The van der Waals surface area contributed by atoms with Gasteiger partial charge in [0.1, 0.15) is 6.07 Å². The van der Waals surface area contributed by atoms with Gasteiger partial charge >= 0.3 is 0 Å². The summed E-state index contributed by atoms with van der Waals surface area (Å²) in [6.45, 7) is 1.01. The third-order valence-electron chi connectivity index (χ3n) is 3.68. The Morgan fingerprint density at radius 1 is 1.27 bits per heavy atom. The highest BCUT2D eigenvalue weighted by Gasteiger charge is 2.25. The van der Waals surface area contributed by atoms with Crippen LogP contribution in [-0.2, 0) is 14.6 Å². The highest BCUT2D eigenvalue weighted by Crippen LogP contribution is 2.22. The Morgan fingerprint density at radius 2 is 1.86 bits per heavy atom. The molecule has 0 aliphatic carbocycles. The van der Waals surface area contributed by atoms with Crippen LogP contribution in [0, 0.1) is 17.2 Å². The normalized spacial score (nSPS) is 17.0. The molecule has 0 spiro atoms. The van der Waals surface area contributed by atoms with E-state index in [0.29, 0.717) is 25.9 Å². The van der Waals surface area contributed by atoms with Crippen molar-refractivity contribution < 1.29 is 13.2 Å². The molecule has 0 aromatic heterocycles. The topological polar surface area (TPSA) is 104 Å². The van der Waals surface area contributed by atoms with Crippen molar-refractivity contribution in [3.05, 3.63) is 41.4 Å². The van der Waals surface area contributed by atoms with Crippen LogP contribution in [0.5, 0.6) is 0 Å². The van der Waals surface area contributed by atoms with Crippen molar-refractivity contribution in [3.8, 4) is 6.07 Å². The molecule has 0 radical (unpaired) electrons. The monoisotopic (exact) mass is 319 g/mol. The van der Waals surface area contributed by atoms with Crippen LogP contribution in [0.3, 0.4) is 0 Å². The second-order valence-corrected chi connectivity index (χ2v) is 7.05. The molecule has 0 bridgehead atoms. The lowest BCUT2D eigenvalue weighted by Gasteiger charge is -2.29. The SMILES string of the molecule is N#C/C(=C\N1CCC(C(N)=O)CC1)S(=O)(=O)c1ccccc1. The van der Waals surface area contributed by atoms with E-state index in [9.17, 15) is 18.5 Å². The van der Waals surface area contributed by atoms with Gasteiger partial charge < -0.3 is 10.6 Å². The number of nitriles is 1. The number of carbonyl (C=O) groups excluding carboxylic acids is 1. The number of amides is 1. The number of rotatable bonds is 4. The number of sulfone groups is 1. The van der Waals surface area contributed by atoms with E-state index in [1.807, 2.05) is 0 Å². The zero-order chi connectivity index (χ0) is 16.2. The zero-order valence-electron chi connectivity index (χ0n) is 12.0. The number of nitrogens with zero attached hydrogens (tertiary/aromatic N) is 2. The summed E-state index contributed by atoms with van der Waals surface area (Å²) in [5.74, 6) is -0.512. The second-order valence-electron chi connectivity index (χ2n) is 5.13. The summed E-state index contributed by atoms with van der Waals surface area (Å²) in [5, 5.41) is 9.20. The van der Waals surface area contributed by atoms with Gasteiger partial charge in [-0.25, -0.2) is 8.42 Å². The van der Waals surface area contributed by atoms with Crippen LogP contribution in [-0.4, -0.2) is 32.3 Å². The van der Waals surface area contributed by atoms with E-state index in [4.69, 9.17) is 5.73 Å². The summed E-state index contributed by atoms with van der Waals surface area (Å²) in [4.78, 5) is 12.7. The van der Waals surface area contributed by atoms with Gasteiger partial charge in [-0.1, -0.05) is 18.2 Å². The number of allylic oxidation sites excluding steroid dienone is 1. The molecule has 2 N–H and O–H groups in total. The first kappa shape index (κ1) is 16.0. The summed E-state index contributed by atoms with van der Waals surface area (Å²) >= 11 is 0. The molecular weight excluding hydrogens is 302 g/mol. The molecule has 1 heterocycles. The van der Waals surface area contributed by atoms with Crippen LogP contribution >= 0.6 is 0 Å². The molecular formula is C15H17N3O3S. The summed E-state index contributed by atoms with van der Waals surface area (Å²) in [5.41, 5.74) is 5.26. The van der Waals surface area contributed by atoms with E-state index in [1.165, 1.54) is 18.3 Å². The van der Waals surface area contributed by atoms with Gasteiger partial charge in [-0.2, -0.15) is 5.26 Å². The number of carbonyl (C=O) groups is 1. The highest BCUT2D eigenvalue weighted by atomic mass is 32.2. The minimum Gasteiger partial charge on any atom is -0.376 e. The first-order valence-corrected chi connectivity index (χ1v) is 8.39. The average molecular weight is 319 g/mol. The van der Waals surface area contributed by atoms with Crippen LogP contribution < -0.4 is 5.73 Å². The fourth-order valence-electron chi connectivity index (χ4n) is 2.36. The molecule has 2 rings (SSSR count). The molecule has 1 aromatic rings. The Bertz CT molecular complexity index is 712. The maximum Gasteiger partial charge on any atom is 0.220 e. The fourth-order valence-corrected chi connectivity index (χ4v) is 3.54. The average Bonchev–Trinajstić information content (AvgIpc) is 2.53. The second kappa shape index (κ2) is 6.62. The van der Waals surface area contributed by atoms with Crippen LogP contribution in [0.15, 0.2) is 46.3 Å². The quantitative estimate of drug-likeness (QED) is 0.834. The minimum atomic E-state index is -3.81. The number of benzene rings is 1. The Labute approximate surface area is 129 Å². The fraction of sp³-hybridized carbons (Fsp3) is 0.333. The largest absolute Gasteiger partial charge is 0.376 e. The number of likely N-dealkylation sites (tertiary alicyclic amines) is 1. The maximum atomic E-state index is 12.4. The molecule has 1 aromatic carbocycles. The van der Waals surface area contributed by atoms with Crippen molar-refractivity contribution in [1.29, 1.82) is 5.26 Å². The molecule has 1 amide bonds. The number of piperidine rings is 1. The molecule has 6 nitrogen and oxygen atoms in total. The van der Waals surface area contributed by atoms with Gasteiger partial charge in [-0.3, -0.25) is 4.79 Å². The number of nitrogens with two attached hydrogens (primary N) is 1. The lowest BCUT2D eigenvalue weighted by atomic mass is 9.97. The van der Waals surface area contributed by atoms with E-state index in [2.05, 4.69) is 0 Å². The van der Waals surface area contributed by atoms with Crippen LogP contribution in [0.2, 0.25) is 0 Å². The first-order valence-electron chi connectivity index (χ1n) is 6.90. The van der Waals surface area contributed by atoms with Gasteiger partial charge in [0.15, 0.2) is 4.91 Å². The predicted molar refractivity (Wildman–Crippen MR) is 80.8 cm³/mol. The summed E-state index contributed by atoms with van der Waals surface area (Å²) in [6.07, 6.45) is 2.49. The molecule has 7 heteroatoms. The van der Waals surface area contributed by atoms with Gasteiger partial charge in [-0.05, 0) is 25.0 Å². The van der Waals surface area contributed by atoms with Crippen molar-refractivity contribution in [2.75, 3.05) is 13.1 Å². The zero-order valence-corrected chi connectivity index (χ0v) is 12.8. The van der Waals surface area contributed by atoms with Crippen molar-refractivity contribution in [2.45, 2.75) is 17.7 Å². The molecule has 22 heavy (non-hydrogen) atoms. The highest BCUT2D eigenvalue weighted by molar-refractivity contribution is 7.95. The van der Waals surface area contributed by atoms with Crippen molar-refractivity contribution >= 4 is 15.7 Å². The molecule has 0 unspecified atom stereocenters. The van der Waals surface area contributed by atoms with Gasteiger partial charge in [0.25, 0.3) is 0 Å². The lowest BCUT2D eigenvalue weighted by Crippen LogP contribution is -2.36. The number of hydrogen-bond donors (Lipinski definition) is 1. The standard InChI is InChI=1S/C15H17N3O3S/c16-10-14(22(20,21)13-4-2-1-3-5-13)11-18-8-6-12(7-9-18)15(17)19/h1-5,11-12H,6-9H2,(H2,17,19)/b14-11+. The van der Waals surface area contributed by atoms with Gasteiger partial charge in [0.05, 0.1) is 4.90 Å². The summed E-state index contributed by atoms with van der Waals surface area (Å²) in [6, 6.07) is 9.61. The third-order valence-corrected chi connectivity index (χ3v) is 5.35.